The van der Waals surface area contributed by atoms with Crippen LogP contribution in [-0.2, 0) is 4.79 Å². The second-order valence-corrected chi connectivity index (χ2v) is 3.88. The van der Waals surface area contributed by atoms with E-state index in [2.05, 4.69) is 10.3 Å². The molecule has 1 heterocycles. The number of nitrogens with two attached hydrogens (primary N) is 1. The van der Waals surface area contributed by atoms with Gasteiger partial charge in [-0.05, 0) is 19.1 Å². The van der Waals surface area contributed by atoms with Crippen molar-refractivity contribution in [2.75, 3.05) is 5.32 Å². The van der Waals surface area contributed by atoms with Crippen LogP contribution in [-0.4, -0.2) is 15.9 Å². The Morgan fingerprint density at radius 1 is 1.67 bits per heavy atom. The van der Waals surface area contributed by atoms with Crippen LogP contribution in [0.15, 0.2) is 18.3 Å². The maximum atomic E-state index is 11.5. The molecule has 1 rings (SSSR count). The normalized spacial score (nSPS) is 11.9. The van der Waals surface area contributed by atoms with Crippen molar-refractivity contribution in [3.63, 3.8) is 0 Å². The molecule has 6 heteroatoms. The average molecular weight is 244 g/mol. The maximum absolute atomic E-state index is 11.5. The minimum Gasteiger partial charge on any atom is -0.393 e. The Hall–Kier alpha value is -1.20. The van der Waals surface area contributed by atoms with Crippen LogP contribution in [0.4, 0.5) is 5.82 Å². The highest BCUT2D eigenvalue weighted by atomic mass is 35.5. The van der Waals surface area contributed by atoms with Gasteiger partial charge in [0.25, 0.3) is 0 Å². The van der Waals surface area contributed by atoms with Gasteiger partial charge in [0.2, 0.25) is 5.91 Å². The lowest BCUT2D eigenvalue weighted by Crippen LogP contribution is -2.31. The molecule has 80 valence electrons. The molecule has 0 saturated heterocycles. The SMILES string of the molecule is CC(C(=O)Nc1ccc(Cl)cn1)C(N)=S. The Bertz CT molecular complexity index is 379. The van der Waals surface area contributed by atoms with E-state index in [1.165, 1.54) is 6.20 Å². The van der Waals surface area contributed by atoms with Gasteiger partial charge in [-0.1, -0.05) is 23.8 Å². The number of nitrogens with zero attached hydrogens (tertiary/aromatic N) is 1. The Labute approximate surface area is 97.8 Å². The van der Waals surface area contributed by atoms with Gasteiger partial charge in [0.1, 0.15) is 5.82 Å². The van der Waals surface area contributed by atoms with Crippen molar-refractivity contribution in [3.8, 4) is 0 Å². The Kier molecular flexibility index (Phi) is 3.99. The molecule has 0 bridgehead atoms. The van der Waals surface area contributed by atoms with Gasteiger partial charge in [-0.2, -0.15) is 0 Å². The Morgan fingerprint density at radius 2 is 2.33 bits per heavy atom. The van der Waals surface area contributed by atoms with Crippen LogP contribution in [0, 0.1) is 5.92 Å². The van der Waals surface area contributed by atoms with Crippen molar-refractivity contribution in [2.45, 2.75) is 6.92 Å². The molecule has 0 fully saturated rings. The molecule has 0 aliphatic rings. The summed E-state index contributed by atoms with van der Waals surface area (Å²) in [6.45, 7) is 1.63. The van der Waals surface area contributed by atoms with Crippen LogP contribution in [0.25, 0.3) is 0 Å². The van der Waals surface area contributed by atoms with Gasteiger partial charge in [-0.15, -0.1) is 0 Å². The number of carbonyl (C=O) groups excluding carboxylic acids is 1. The summed E-state index contributed by atoms with van der Waals surface area (Å²) in [7, 11) is 0. The predicted molar refractivity (Wildman–Crippen MR) is 63.8 cm³/mol. The molecule has 0 aliphatic carbocycles. The zero-order valence-corrected chi connectivity index (χ0v) is 9.60. The van der Waals surface area contributed by atoms with E-state index in [4.69, 9.17) is 29.6 Å². The molecular formula is C9H10ClN3OS. The van der Waals surface area contributed by atoms with Gasteiger partial charge >= 0.3 is 0 Å². The number of rotatable bonds is 3. The van der Waals surface area contributed by atoms with Crippen LogP contribution in [0.3, 0.4) is 0 Å². The van der Waals surface area contributed by atoms with Gasteiger partial charge in [0, 0.05) is 6.20 Å². The van der Waals surface area contributed by atoms with E-state index in [1.54, 1.807) is 19.1 Å². The number of halogens is 1. The lowest BCUT2D eigenvalue weighted by atomic mass is 10.1. The number of hydrogen-bond donors (Lipinski definition) is 2. The molecule has 4 nitrogen and oxygen atoms in total. The smallest absolute Gasteiger partial charge is 0.235 e. The van der Waals surface area contributed by atoms with Crippen molar-refractivity contribution in [1.29, 1.82) is 0 Å². The van der Waals surface area contributed by atoms with Gasteiger partial charge in [-0.25, -0.2) is 4.98 Å². The molecule has 0 spiro atoms. The zero-order valence-electron chi connectivity index (χ0n) is 8.03. The van der Waals surface area contributed by atoms with E-state index in [0.29, 0.717) is 10.8 Å². The summed E-state index contributed by atoms with van der Waals surface area (Å²) >= 11 is 10.4. The first kappa shape index (κ1) is 11.9. The van der Waals surface area contributed by atoms with E-state index in [9.17, 15) is 4.79 Å². The molecule has 0 aliphatic heterocycles. The number of pyridine rings is 1. The number of thiocarbonyl (C=S) groups is 1. The van der Waals surface area contributed by atoms with Crippen molar-refractivity contribution in [1.82, 2.24) is 4.98 Å². The first-order valence-electron chi connectivity index (χ1n) is 4.22. The van der Waals surface area contributed by atoms with Crippen LogP contribution >= 0.6 is 23.8 Å². The first-order chi connectivity index (χ1) is 7.00. The van der Waals surface area contributed by atoms with E-state index in [-0.39, 0.29) is 10.9 Å². The predicted octanol–water partition coefficient (Wildman–Crippen LogP) is 1.60. The van der Waals surface area contributed by atoms with Crippen molar-refractivity contribution in [2.24, 2.45) is 11.7 Å². The first-order valence-corrected chi connectivity index (χ1v) is 5.01. The van der Waals surface area contributed by atoms with Gasteiger partial charge in [-0.3, -0.25) is 4.79 Å². The lowest BCUT2D eigenvalue weighted by molar-refractivity contribution is -0.117. The van der Waals surface area contributed by atoms with Crippen LogP contribution in [0.1, 0.15) is 6.92 Å². The minimum atomic E-state index is -0.516. The number of nitrogens with one attached hydrogen (secondary N) is 1. The Balaban J connectivity index is 2.66. The quantitative estimate of drug-likeness (QED) is 0.792. The molecule has 0 saturated carbocycles. The Morgan fingerprint density at radius 3 is 2.80 bits per heavy atom. The van der Waals surface area contributed by atoms with E-state index in [1.807, 2.05) is 0 Å². The number of hydrogen-bond acceptors (Lipinski definition) is 3. The summed E-state index contributed by atoms with van der Waals surface area (Å²) in [6, 6.07) is 3.24. The monoisotopic (exact) mass is 243 g/mol. The summed E-state index contributed by atoms with van der Waals surface area (Å²) in [5.74, 6) is -0.373. The van der Waals surface area contributed by atoms with Crippen molar-refractivity contribution in [3.05, 3.63) is 23.4 Å². The van der Waals surface area contributed by atoms with Crippen LogP contribution in [0.5, 0.6) is 0 Å². The fourth-order valence-corrected chi connectivity index (χ4v) is 1.03. The number of amides is 1. The molecule has 0 aromatic carbocycles. The second-order valence-electron chi connectivity index (χ2n) is 2.97. The molecular weight excluding hydrogens is 234 g/mol. The number of anilines is 1. The third-order valence-electron chi connectivity index (χ3n) is 1.80. The molecule has 1 atom stereocenters. The average Bonchev–Trinajstić information content (AvgIpc) is 2.20. The van der Waals surface area contributed by atoms with Crippen LogP contribution in [0.2, 0.25) is 5.02 Å². The highest BCUT2D eigenvalue weighted by Crippen LogP contribution is 2.10. The summed E-state index contributed by atoms with van der Waals surface area (Å²) in [6.07, 6.45) is 1.45. The molecule has 15 heavy (non-hydrogen) atoms. The van der Waals surface area contributed by atoms with E-state index in [0.717, 1.165) is 0 Å². The minimum absolute atomic E-state index is 0.154. The lowest BCUT2D eigenvalue weighted by Gasteiger charge is -2.09. The van der Waals surface area contributed by atoms with Gasteiger partial charge in [0.15, 0.2) is 0 Å². The number of aromatic nitrogens is 1. The standard InChI is InChI=1S/C9H10ClN3OS/c1-5(8(11)15)9(14)13-7-3-2-6(10)4-12-7/h2-5H,1H3,(H2,11,15)(H,12,13,14). The van der Waals surface area contributed by atoms with Gasteiger partial charge < -0.3 is 11.1 Å². The molecule has 1 aromatic rings. The fourth-order valence-electron chi connectivity index (χ4n) is 0.813. The highest BCUT2D eigenvalue weighted by molar-refractivity contribution is 7.80. The third-order valence-corrected chi connectivity index (χ3v) is 2.38. The van der Waals surface area contributed by atoms with Crippen molar-refractivity contribution >= 4 is 40.5 Å². The van der Waals surface area contributed by atoms with Crippen molar-refractivity contribution < 1.29 is 4.79 Å². The van der Waals surface area contributed by atoms with Gasteiger partial charge in [0.05, 0.1) is 15.9 Å². The summed E-state index contributed by atoms with van der Waals surface area (Å²) in [5, 5.41) is 3.08. The molecule has 1 unspecified atom stereocenters. The largest absolute Gasteiger partial charge is 0.393 e. The number of carbonyl (C=O) groups is 1. The summed E-state index contributed by atoms with van der Waals surface area (Å²) < 4.78 is 0. The highest BCUT2D eigenvalue weighted by Gasteiger charge is 2.15. The maximum Gasteiger partial charge on any atom is 0.235 e. The summed E-state index contributed by atoms with van der Waals surface area (Å²) in [4.78, 5) is 15.6. The fraction of sp³-hybridized carbons (Fsp3) is 0.222. The van der Waals surface area contributed by atoms with E-state index >= 15 is 0 Å². The second kappa shape index (κ2) is 5.04. The molecule has 1 aromatic heterocycles. The molecule has 3 N–H and O–H groups in total. The topological polar surface area (TPSA) is 68.0 Å². The third kappa shape index (κ3) is 3.45. The molecule has 1 amide bonds. The zero-order chi connectivity index (χ0) is 11.4. The van der Waals surface area contributed by atoms with Crippen LogP contribution < -0.4 is 11.1 Å². The summed E-state index contributed by atoms with van der Waals surface area (Å²) in [5.41, 5.74) is 5.34. The molecule has 0 radical (unpaired) electrons. The van der Waals surface area contributed by atoms with E-state index < -0.39 is 5.92 Å².